The van der Waals surface area contributed by atoms with Crippen molar-refractivity contribution < 1.29 is 9.79 Å². The topological polar surface area (TPSA) is 40.5 Å². The Balaban J connectivity index is 4.09. The maximum Gasteiger partial charge on any atom is 0.264 e. The molecule has 0 aliphatic heterocycles. The summed E-state index contributed by atoms with van der Waals surface area (Å²) in [6.45, 7) is 17.1. The predicted molar refractivity (Wildman–Crippen MR) is 83.0 cm³/mol. The lowest BCUT2D eigenvalue weighted by Gasteiger charge is -2.34. The Kier molecular flexibility index (Phi) is 6.53. The van der Waals surface area contributed by atoms with Crippen LogP contribution in [0.3, 0.4) is 0 Å². The standard InChI is InChI=1S/C15H32O2P/c1-13(10-8-9-11-18(7,16)17)15(5,6)12-14(2,3)4/h16-17H,1,8-12H2,2-7H3/q+1. The summed E-state index contributed by atoms with van der Waals surface area (Å²) in [5.41, 5.74) is 1.76. The summed E-state index contributed by atoms with van der Waals surface area (Å²) in [4.78, 5) is 18.7. The van der Waals surface area contributed by atoms with Crippen LogP contribution in [0.15, 0.2) is 12.2 Å². The molecule has 0 fully saturated rings. The van der Waals surface area contributed by atoms with Gasteiger partial charge >= 0.3 is 0 Å². The van der Waals surface area contributed by atoms with Crippen molar-refractivity contribution in [2.45, 2.75) is 60.3 Å². The van der Waals surface area contributed by atoms with Crippen LogP contribution in [0.2, 0.25) is 0 Å². The van der Waals surface area contributed by atoms with E-state index < -0.39 is 7.72 Å². The SMILES string of the molecule is C=C(CCCC[P+](C)(O)O)C(C)(C)CC(C)(C)C. The molecule has 0 atom stereocenters. The van der Waals surface area contributed by atoms with Crippen molar-refractivity contribution in [3.05, 3.63) is 12.2 Å². The highest BCUT2D eigenvalue weighted by atomic mass is 31.2. The van der Waals surface area contributed by atoms with Crippen molar-refractivity contribution >= 4 is 7.72 Å². The molecule has 0 aromatic carbocycles. The molecule has 3 heteroatoms. The van der Waals surface area contributed by atoms with Gasteiger partial charge in [0, 0.05) is 0 Å². The van der Waals surface area contributed by atoms with Crippen molar-refractivity contribution in [3.63, 3.8) is 0 Å². The normalized spacial score (nSPS) is 13.8. The summed E-state index contributed by atoms with van der Waals surface area (Å²) < 4.78 is 0. The average molecular weight is 275 g/mol. The second-order valence-corrected chi connectivity index (χ2v) is 10.1. The summed E-state index contributed by atoms with van der Waals surface area (Å²) in [5, 5.41) is 0. The van der Waals surface area contributed by atoms with Crippen LogP contribution in [0.4, 0.5) is 0 Å². The van der Waals surface area contributed by atoms with Crippen molar-refractivity contribution in [2.24, 2.45) is 10.8 Å². The largest absolute Gasteiger partial charge is 0.264 e. The zero-order chi connectivity index (χ0) is 14.6. The Morgan fingerprint density at radius 3 is 1.94 bits per heavy atom. The van der Waals surface area contributed by atoms with E-state index >= 15 is 0 Å². The number of rotatable bonds is 7. The van der Waals surface area contributed by atoms with Gasteiger partial charge in [-0.15, -0.1) is 0 Å². The van der Waals surface area contributed by atoms with E-state index in [9.17, 15) is 9.79 Å². The highest BCUT2D eigenvalue weighted by Gasteiger charge is 2.28. The Morgan fingerprint density at radius 2 is 1.56 bits per heavy atom. The molecule has 0 saturated heterocycles. The predicted octanol–water partition coefficient (Wildman–Crippen LogP) is 4.64. The maximum atomic E-state index is 9.34. The Hall–Kier alpha value is 0.0900. The van der Waals surface area contributed by atoms with Gasteiger partial charge in [-0.3, -0.25) is 0 Å². The molecule has 0 spiro atoms. The fourth-order valence-corrected chi connectivity index (χ4v) is 3.36. The zero-order valence-electron chi connectivity index (χ0n) is 13.1. The molecule has 0 heterocycles. The molecule has 0 rings (SSSR count). The quantitative estimate of drug-likeness (QED) is 0.404. The van der Waals surface area contributed by atoms with E-state index in [0.29, 0.717) is 11.6 Å². The summed E-state index contributed by atoms with van der Waals surface area (Å²) in [5.74, 6) is 0. The molecule has 0 bridgehead atoms. The molecule has 0 unspecified atom stereocenters. The van der Waals surface area contributed by atoms with Crippen LogP contribution in [0.5, 0.6) is 0 Å². The third kappa shape index (κ3) is 9.08. The van der Waals surface area contributed by atoms with Gasteiger partial charge in [0.2, 0.25) is 0 Å². The third-order valence-corrected chi connectivity index (χ3v) is 4.40. The van der Waals surface area contributed by atoms with Gasteiger partial charge in [0.05, 0.1) is 0 Å². The molecule has 0 aliphatic rings. The van der Waals surface area contributed by atoms with E-state index in [0.717, 1.165) is 25.7 Å². The van der Waals surface area contributed by atoms with E-state index in [4.69, 9.17) is 0 Å². The van der Waals surface area contributed by atoms with Crippen LogP contribution in [0.25, 0.3) is 0 Å². The van der Waals surface area contributed by atoms with Gasteiger partial charge in [-0.05, 0) is 36.5 Å². The van der Waals surface area contributed by atoms with Gasteiger partial charge < -0.3 is 0 Å². The number of hydrogen-bond donors (Lipinski definition) is 2. The van der Waals surface area contributed by atoms with Crippen LogP contribution in [-0.2, 0) is 0 Å². The van der Waals surface area contributed by atoms with Crippen LogP contribution in [-0.4, -0.2) is 22.6 Å². The molecule has 0 aromatic heterocycles. The smallest absolute Gasteiger partial charge is 0.221 e. The minimum absolute atomic E-state index is 0.162. The highest BCUT2D eigenvalue weighted by Crippen LogP contribution is 2.46. The lowest BCUT2D eigenvalue weighted by molar-refractivity contribution is 0.245. The first-order chi connectivity index (χ1) is 7.83. The minimum atomic E-state index is -2.58. The maximum absolute atomic E-state index is 9.34. The monoisotopic (exact) mass is 275 g/mol. The molecule has 0 aliphatic carbocycles. The van der Waals surface area contributed by atoms with E-state index in [1.54, 1.807) is 6.66 Å². The van der Waals surface area contributed by atoms with Crippen molar-refractivity contribution in [1.82, 2.24) is 0 Å². The van der Waals surface area contributed by atoms with Crippen LogP contribution < -0.4 is 0 Å². The first-order valence-corrected chi connectivity index (χ1v) is 9.15. The Morgan fingerprint density at radius 1 is 1.06 bits per heavy atom. The van der Waals surface area contributed by atoms with Gasteiger partial charge in [0.15, 0.2) is 0 Å². The lowest BCUT2D eigenvalue weighted by atomic mass is 9.71. The van der Waals surface area contributed by atoms with Crippen molar-refractivity contribution in [1.29, 1.82) is 0 Å². The molecule has 18 heavy (non-hydrogen) atoms. The van der Waals surface area contributed by atoms with Gasteiger partial charge in [-0.2, -0.15) is 0 Å². The second-order valence-electron chi connectivity index (χ2n) is 7.49. The van der Waals surface area contributed by atoms with E-state index in [2.05, 4.69) is 41.2 Å². The summed E-state index contributed by atoms with van der Waals surface area (Å²) in [7, 11) is -2.58. The first kappa shape index (κ1) is 18.1. The molecular formula is C15H32O2P+. The molecule has 0 amide bonds. The number of hydrogen-bond acceptors (Lipinski definition) is 2. The Bertz CT molecular complexity index is 269. The average Bonchev–Trinajstić information content (AvgIpc) is 2.06. The summed E-state index contributed by atoms with van der Waals surface area (Å²) in [6, 6.07) is 0. The molecule has 0 saturated carbocycles. The van der Waals surface area contributed by atoms with E-state index in [1.165, 1.54) is 5.57 Å². The van der Waals surface area contributed by atoms with Crippen molar-refractivity contribution in [2.75, 3.05) is 12.8 Å². The van der Waals surface area contributed by atoms with Gasteiger partial charge in [-0.25, -0.2) is 9.79 Å². The molecular weight excluding hydrogens is 243 g/mol. The second kappa shape index (κ2) is 6.50. The first-order valence-electron chi connectivity index (χ1n) is 6.83. The zero-order valence-corrected chi connectivity index (χ0v) is 14.0. The number of allylic oxidation sites excluding steroid dienone is 1. The van der Waals surface area contributed by atoms with Gasteiger partial charge in [0.25, 0.3) is 7.72 Å². The van der Waals surface area contributed by atoms with E-state index in [1.807, 2.05) is 0 Å². The fraction of sp³-hybridized carbons (Fsp3) is 0.867. The van der Waals surface area contributed by atoms with Crippen LogP contribution in [0.1, 0.15) is 60.3 Å². The lowest BCUT2D eigenvalue weighted by Crippen LogP contribution is -2.22. The van der Waals surface area contributed by atoms with Crippen LogP contribution >= 0.6 is 7.72 Å². The Labute approximate surface area is 114 Å². The van der Waals surface area contributed by atoms with Gasteiger partial charge in [0.1, 0.15) is 12.8 Å². The molecule has 0 aromatic rings. The summed E-state index contributed by atoms with van der Waals surface area (Å²) >= 11 is 0. The molecule has 2 N–H and O–H groups in total. The fourth-order valence-electron chi connectivity index (χ4n) is 2.54. The molecule has 0 radical (unpaired) electrons. The minimum Gasteiger partial charge on any atom is -0.221 e. The highest BCUT2D eigenvalue weighted by molar-refractivity contribution is 7.63. The molecule has 2 nitrogen and oxygen atoms in total. The van der Waals surface area contributed by atoms with E-state index in [-0.39, 0.29) is 5.41 Å². The molecule has 108 valence electrons. The summed E-state index contributed by atoms with van der Waals surface area (Å²) in [6.07, 6.45) is 4.54. The van der Waals surface area contributed by atoms with Crippen molar-refractivity contribution in [3.8, 4) is 0 Å². The third-order valence-electron chi connectivity index (χ3n) is 3.24. The van der Waals surface area contributed by atoms with Gasteiger partial charge in [-0.1, -0.05) is 46.8 Å². The number of unbranched alkanes of at least 4 members (excludes halogenated alkanes) is 1. The van der Waals surface area contributed by atoms with Crippen LogP contribution in [0, 0.1) is 10.8 Å².